The fraction of sp³-hybridized carbons (Fsp3) is 0.405. The average Bonchev–Trinajstić information content (AvgIpc) is 3.16. The lowest BCUT2D eigenvalue weighted by molar-refractivity contribution is -0.275. The summed E-state index contributed by atoms with van der Waals surface area (Å²) in [6.07, 6.45) is 4.86. The molecule has 9 nitrogen and oxygen atoms in total. The fourth-order valence-corrected chi connectivity index (χ4v) is 6.44. The number of amides is 2. The smallest absolute Gasteiger partial charge is 0.220 e. The quantitative estimate of drug-likeness (QED) is 0.108. The van der Waals surface area contributed by atoms with Gasteiger partial charge in [0.1, 0.15) is 0 Å². The molecule has 3 aromatic carbocycles. The Morgan fingerprint density at radius 1 is 0.843 bits per heavy atom. The van der Waals surface area contributed by atoms with Crippen molar-refractivity contribution in [2.45, 2.75) is 77.6 Å². The third-order valence-corrected chi connectivity index (χ3v) is 9.45. The first-order chi connectivity index (χ1) is 24.8. The van der Waals surface area contributed by atoms with Gasteiger partial charge in [0.15, 0.2) is 6.29 Å². The van der Waals surface area contributed by atoms with Crippen LogP contribution in [0.5, 0.6) is 0 Å². The van der Waals surface area contributed by atoms with Gasteiger partial charge in [-0.2, -0.15) is 0 Å². The average molecular weight is 693 g/mol. The predicted octanol–water partition coefficient (Wildman–Crippen LogP) is 6.52. The first-order valence-corrected chi connectivity index (χ1v) is 18.1. The maximum Gasteiger partial charge on any atom is 0.220 e. The van der Waals surface area contributed by atoms with Crippen LogP contribution in [0.2, 0.25) is 0 Å². The number of nitrogens with zero attached hydrogens (tertiary/aromatic N) is 2. The highest BCUT2D eigenvalue weighted by atomic mass is 16.7. The Kier molecular flexibility index (Phi) is 14.3. The zero-order valence-electron chi connectivity index (χ0n) is 30.1. The number of carbonyl (C=O) groups excluding carboxylic acids is 2. The third-order valence-electron chi connectivity index (χ3n) is 9.45. The molecule has 1 fully saturated rings. The van der Waals surface area contributed by atoms with Crippen LogP contribution in [0.3, 0.4) is 0 Å². The number of nitrogens with one attached hydrogen (secondary N) is 2. The van der Waals surface area contributed by atoms with Gasteiger partial charge in [-0.15, -0.1) is 0 Å². The highest BCUT2D eigenvalue weighted by molar-refractivity contribution is 5.76. The summed E-state index contributed by atoms with van der Waals surface area (Å²) >= 11 is 0. The van der Waals surface area contributed by atoms with Crippen molar-refractivity contribution >= 4 is 11.8 Å². The van der Waals surface area contributed by atoms with Crippen molar-refractivity contribution < 1.29 is 24.2 Å². The Morgan fingerprint density at radius 3 is 2.37 bits per heavy atom. The van der Waals surface area contributed by atoms with E-state index >= 15 is 0 Å². The van der Waals surface area contributed by atoms with Crippen LogP contribution in [0.1, 0.15) is 79.9 Å². The van der Waals surface area contributed by atoms with Gasteiger partial charge in [-0.05, 0) is 72.0 Å². The minimum Gasteiger partial charge on any atom is -0.392 e. The minimum absolute atomic E-state index is 0.000721. The molecule has 2 heterocycles. The zero-order valence-corrected chi connectivity index (χ0v) is 30.1. The van der Waals surface area contributed by atoms with Crippen LogP contribution in [0.25, 0.3) is 11.1 Å². The summed E-state index contributed by atoms with van der Waals surface area (Å²) in [6, 6.07) is 30.6. The van der Waals surface area contributed by atoms with Gasteiger partial charge in [0, 0.05) is 69.3 Å². The largest absolute Gasteiger partial charge is 0.392 e. The van der Waals surface area contributed by atoms with E-state index in [9.17, 15) is 14.7 Å². The van der Waals surface area contributed by atoms with Gasteiger partial charge in [0.2, 0.25) is 11.8 Å². The molecule has 1 saturated heterocycles. The van der Waals surface area contributed by atoms with Crippen LogP contribution < -0.4 is 10.6 Å². The van der Waals surface area contributed by atoms with E-state index in [2.05, 4.69) is 70.9 Å². The van der Waals surface area contributed by atoms with Crippen molar-refractivity contribution in [1.82, 2.24) is 20.5 Å². The lowest BCUT2D eigenvalue weighted by atomic mass is 9.90. The Labute approximate surface area is 302 Å². The summed E-state index contributed by atoms with van der Waals surface area (Å²) < 4.78 is 13.5. The highest BCUT2D eigenvalue weighted by Crippen LogP contribution is 2.42. The SMILES string of the molecule is CC(=O)NCCCCCC(=O)NCc1cccc(-c2cccc([C@H]3O[C@@H](CN(C)CCc4ccccn4)[C@@H](C)[C@@H](c4ccc(CO)cc4)O3)c2)c1. The molecule has 2 amide bonds. The second kappa shape index (κ2) is 19.3. The second-order valence-corrected chi connectivity index (χ2v) is 13.6. The molecule has 0 radical (unpaired) electrons. The monoisotopic (exact) mass is 692 g/mol. The Hall–Kier alpha value is -4.41. The molecule has 3 N–H and O–H groups in total. The van der Waals surface area contributed by atoms with Crippen molar-refractivity contribution in [3.8, 4) is 11.1 Å². The van der Waals surface area contributed by atoms with Crippen molar-refractivity contribution in [3.63, 3.8) is 0 Å². The first kappa shape index (κ1) is 37.8. The molecule has 0 spiro atoms. The lowest BCUT2D eigenvalue weighted by Gasteiger charge is -2.42. The van der Waals surface area contributed by atoms with E-state index < -0.39 is 6.29 Å². The van der Waals surface area contributed by atoms with E-state index in [-0.39, 0.29) is 36.5 Å². The summed E-state index contributed by atoms with van der Waals surface area (Å²) in [4.78, 5) is 30.3. The molecule has 51 heavy (non-hydrogen) atoms. The van der Waals surface area contributed by atoms with Crippen LogP contribution in [0, 0.1) is 5.92 Å². The molecule has 1 aromatic heterocycles. The number of ether oxygens (including phenoxy) is 2. The molecular formula is C42H52N4O5. The van der Waals surface area contributed by atoms with Crippen molar-refractivity contribution in [2.24, 2.45) is 5.92 Å². The number of rotatable bonds is 17. The number of aliphatic hydroxyl groups excluding tert-OH is 1. The Bertz CT molecular complexity index is 1680. The number of unbranched alkanes of at least 4 members (excludes halogenated alkanes) is 2. The van der Waals surface area contributed by atoms with Crippen LogP contribution in [-0.2, 0) is 38.6 Å². The summed E-state index contributed by atoms with van der Waals surface area (Å²) in [7, 11) is 2.13. The van der Waals surface area contributed by atoms with Crippen molar-refractivity contribution in [3.05, 3.63) is 125 Å². The lowest BCUT2D eigenvalue weighted by Crippen LogP contribution is -2.43. The van der Waals surface area contributed by atoms with Gasteiger partial charge >= 0.3 is 0 Å². The first-order valence-electron chi connectivity index (χ1n) is 18.1. The number of hydrogen-bond acceptors (Lipinski definition) is 7. The summed E-state index contributed by atoms with van der Waals surface area (Å²) in [5.41, 5.74) is 7.05. The van der Waals surface area contributed by atoms with E-state index in [1.807, 2.05) is 60.8 Å². The molecule has 0 unspecified atom stereocenters. The molecule has 5 rings (SSSR count). The number of benzene rings is 3. The number of likely N-dealkylation sites (N-methyl/N-ethyl adjacent to an activating group) is 1. The van der Waals surface area contributed by atoms with Crippen molar-refractivity contribution in [1.29, 1.82) is 0 Å². The van der Waals surface area contributed by atoms with Gasteiger partial charge in [0.25, 0.3) is 0 Å². The maximum atomic E-state index is 12.5. The van der Waals surface area contributed by atoms with Gasteiger partial charge in [-0.1, -0.05) is 80.1 Å². The van der Waals surface area contributed by atoms with E-state index in [1.54, 1.807) is 0 Å². The van der Waals surface area contributed by atoms with Gasteiger partial charge in [0.05, 0.1) is 18.8 Å². The van der Waals surface area contributed by atoms with Gasteiger partial charge in [-0.25, -0.2) is 0 Å². The van der Waals surface area contributed by atoms with E-state index in [4.69, 9.17) is 9.47 Å². The molecule has 0 aliphatic carbocycles. The molecule has 270 valence electrons. The van der Waals surface area contributed by atoms with E-state index in [0.717, 1.165) is 77.8 Å². The van der Waals surface area contributed by atoms with Crippen molar-refractivity contribution in [2.75, 3.05) is 26.7 Å². The maximum absolute atomic E-state index is 12.5. The topological polar surface area (TPSA) is 113 Å². The third kappa shape index (κ3) is 11.6. The summed E-state index contributed by atoms with van der Waals surface area (Å²) in [6.45, 7) is 6.40. The molecular weight excluding hydrogens is 640 g/mol. The van der Waals surface area contributed by atoms with Crippen LogP contribution in [0.15, 0.2) is 97.2 Å². The molecule has 1 aliphatic rings. The summed E-state index contributed by atoms with van der Waals surface area (Å²) in [5.74, 6) is 0.0837. The fourth-order valence-electron chi connectivity index (χ4n) is 6.44. The standard InChI is InChI=1S/C42H52N4O5/c1-30-39(28-46(3)24-21-38-15-6-8-23-44-38)50-42(51-41(30)34-19-17-32(29-47)18-20-34)37-14-10-13-36(26-37)35-12-9-11-33(25-35)27-45-40(49)16-5-4-7-22-43-31(2)48/h6,8-15,17-20,23,25-26,30,39,41-42,47H,4-5,7,16,21-22,24,27-29H2,1-3H3,(H,43,48)(H,45,49)/t30-,39+,41+,42+/m1/s1. The Balaban J connectivity index is 1.25. The highest BCUT2D eigenvalue weighted by Gasteiger charge is 2.38. The molecule has 4 aromatic rings. The molecule has 9 heteroatoms. The normalized spacial score (nSPS) is 18.8. The predicted molar refractivity (Wildman–Crippen MR) is 199 cm³/mol. The number of pyridine rings is 1. The Morgan fingerprint density at radius 2 is 1.63 bits per heavy atom. The van der Waals surface area contributed by atoms with Crippen LogP contribution in [-0.4, -0.2) is 59.6 Å². The van der Waals surface area contributed by atoms with E-state index in [0.29, 0.717) is 19.5 Å². The second-order valence-electron chi connectivity index (χ2n) is 13.6. The molecule has 0 saturated carbocycles. The molecule has 0 bridgehead atoms. The molecule has 1 aliphatic heterocycles. The van der Waals surface area contributed by atoms with Crippen LogP contribution >= 0.6 is 0 Å². The number of carbonyl (C=O) groups is 2. The number of aliphatic hydroxyl groups is 1. The number of aromatic nitrogens is 1. The molecule has 4 atom stereocenters. The van der Waals surface area contributed by atoms with Gasteiger partial charge < -0.3 is 30.1 Å². The van der Waals surface area contributed by atoms with E-state index in [1.165, 1.54) is 6.92 Å². The summed E-state index contributed by atoms with van der Waals surface area (Å²) in [5, 5.41) is 15.5. The van der Waals surface area contributed by atoms with Gasteiger partial charge in [-0.3, -0.25) is 14.6 Å². The minimum atomic E-state index is -0.571. The number of hydrogen-bond donors (Lipinski definition) is 3. The zero-order chi connectivity index (χ0) is 36.0. The van der Waals surface area contributed by atoms with Crippen LogP contribution in [0.4, 0.5) is 0 Å².